The summed E-state index contributed by atoms with van der Waals surface area (Å²) in [6, 6.07) is 20.7. The van der Waals surface area contributed by atoms with Crippen molar-refractivity contribution in [1.29, 1.82) is 0 Å². The molecular formula is C20H23N3O. The number of benzene rings is 2. The Morgan fingerprint density at radius 2 is 1.83 bits per heavy atom. The summed E-state index contributed by atoms with van der Waals surface area (Å²) in [5.41, 5.74) is 2.17. The lowest BCUT2D eigenvalue weighted by Gasteiger charge is -2.18. The molecule has 0 amide bonds. The number of hydrogen-bond donors (Lipinski definition) is 2. The third-order valence-corrected chi connectivity index (χ3v) is 4.02. The number of furan rings is 1. The van der Waals surface area contributed by atoms with Gasteiger partial charge >= 0.3 is 0 Å². The van der Waals surface area contributed by atoms with E-state index in [1.54, 1.807) is 7.05 Å². The van der Waals surface area contributed by atoms with Crippen molar-refractivity contribution < 1.29 is 4.42 Å². The predicted octanol–water partition coefficient (Wildman–Crippen LogP) is 3.90. The molecule has 0 spiro atoms. The summed E-state index contributed by atoms with van der Waals surface area (Å²) >= 11 is 0. The van der Waals surface area contributed by atoms with Crippen LogP contribution in [-0.4, -0.2) is 19.6 Å². The first kappa shape index (κ1) is 16.1. The number of fused-ring (bicyclic) bond motifs is 1. The minimum absolute atomic E-state index is 0.198. The van der Waals surface area contributed by atoms with E-state index in [1.165, 1.54) is 5.56 Å². The van der Waals surface area contributed by atoms with Crippen molar-refractivity contribution in [2.45, 2.75) is 19.4 Å². The van der Waals surface area contributed by atoms with Crippen molar-refractivity contribution in [3.63, 3.8) is 0 Å². The van der Waals surface area contributed by atoms with Gasteiger partial charge in [0.05, 0.1) is 6.04 Å². The van der Waals surface area contributed by atoms with E-state index in [2.05, 4.69) is 46.8 Å². The Kier molecular flexibility index (Phi) is 5.16. The van der Waals surface area contributed by atoms with E-state index in [-0.39, 0.29) is 6.04 Å². The van der Waals surface area contributed by atoms with Gasteiger partial charge in [-0.3, -0.25) is 4.99 Å². The van der Waals surface area contributed by atoms with Crippen LogP contribution in [0.4, 0.5) is 0 Å². The van der Waals surface area contributed by atoms with Gasteiger partial charge in [0.25, 0.3) is 0 Å². The monoisotopic (exact) mass is 321 g/mol. The van der Waals surface area contributed by atoms with Crippen molar-refractivity contribution in [3.8, 4) is 0 Å². The van der Waals surface area contributed by atoms with Gasteiger partial charge in [0.15, 0.2) is 5.96 Å². The molecule has 0 radical (unpaired) electrons. The fourth-order valence-corrected chi connectivity index (χ4v) is 2.69. The highest BCUT2D eigenvalue weighted by molar-refractivity contribution is 5.80. The average molecular weight is 321 g/mol. The quantitative estimate of drug-likeness (QED) is 0.553. The smallest absolute Gasteiger partial charge is 0.191 e. The molecule has 1 atom stereocenters. The molecule has 0 aliphatic heterocycles. The molecule has 4 heteroatoms. The fraction of sp³-hybridized carbons (Fsp3) is 0.250. The molecule has 1 heterocycles. The van der Waals surface area contributed by atoms with Gasteiger partial charge in [-0.1, -0.05) is 48.5 Å². The van der Waals surface area contributed by atoms with Gasteiger partial charge in [-0.15, -0.1) is 0 Å². The fourth-order valence-electron chi connectivity index (χ4n) is 2.69. The average Bonchev–Trinajstić information content (AvgIpc) is 3.04. The van der Waals surface area contributed by atoms with Gasteiger partial charge in [-0.05, 0) is 24.6 Å². The molecule has 2 N–H and O–H groups in total. The highest BCUT2D eigenvalue weighted by Crippen LogP contribution is 2.18. The van der Waals surface area contributed by atoms with E-state index in [9.17, 15) is 0 Å². The van der Waals surface area contributed by atoms with Crippen LogP contribution >= 0.6 is 0 Å². The first-order valence-corrected chi connectivity index (χ1v) is 8.26. The van der Waals surface area contributed by atoms with Gasteiger partial charge < -0.3 is 15.1 Å². The molecule has 4 nitrogen and oxygen atoms in total. The lowest BCUT2D eigenvalue weighted by Crippen LogP contribution is -2.39. The highest BCUT2D eigenvalue weighted by Gasteiger charge is 2.08. The summed E-state index contributed by atoms with van der Waals surface area (Å²) in [6.07, 6.45) is 0.815. The summed E-state index contributed by atoms with van der Waals surface area (Å²) < 4.78 is 5.83. The molecule has 24 heavy (non-hydrogen) atoms. The topological polar surface area (TPSA) is 49.6 Å². The van der Waals surface area contributed by atoms with E-state index >= 15 is 0 Å². The molecule has 3 aromatic rings. The standard InChI is InChI=1S/C20H23N3O/c1-15(16-8-4-3-5-9-16)23-20(21-2)22-13-12-18-14-17-10-6-7-11-19(17)24-18/h3-11,14-15H,12-13H2,1-2H3,(H2,21,22,23). The number of nitrogens with zero attached hydrogens (tertiary/aromatic N) is 1. The summed E-state index contributed by atoms with van der Waals surface area (Å²) in [4.78, 5) is 4.29. The third-order valence-electron chi connectivity index (χ3n) is 4.02. The number of aliphatic imine (C=N–C) groups is 1. The Labute approximate surface area is 142 Å². The molecule has 3 rings (SSSR count). The zero-order chi connectivity index (χ0) is 16.8. The SMILES string of the molecule is CN=C(NCCc1cc2ccccc2o1)NC(C)c1ccccc1. The number of guanidine groups is 1. The maximum absolute atomic E-state index is 5.83. The maximum Gasteiger partial charge on any atom is 0.191 e. The Bertz CT molecular complexity index is 775. The van der Waals surface area contributed by atoms with Crippen molar-refractivity contribution in [3.05, 3.63) is 72.0 Å². The van der Waals surface area contributed by atoms with E-state index in [4.69, 9.17) is 4.42 Å². The second-order valence-corrected chi connectivity index (χ2v) is 5.78. The molecule has 0 aliphatic rings. The van der Waals surface area contributed by atoms with Crippen molar-refractivity contribution in [2.24, 2.45) is 4.99 Å². The van der Waals surface area contributed by atoms with Crippen molar-refractivity contribution in [1.82, 2.24) is 10.6 Å². The van der Waals surface area contributed by atoms with Gasteiger partial charge in [0, 0.05) is 25.4 Å². The van der Waals surface area contributed by atoms with Crippen LogP contribution in [-0.2, 0) is 6.42 Å². The molecular weight excluding hydrogens is 298 g/mol. The summed E-state index contributed by atoms with van der Waals surface area (Å²) in [5.74, 6) is 1.78. The molecule has 0 fully saturated rings. The molecule has 1 unspecified atom stereocenters. The van der Waals surface area contributed by atoms with Crippen LogP contribution < -0.4 is 10.6 Å². The number of nitrogens with one attached hydrogen (secondary N) is 2. The molecule has 0 bridgehead atoms. The minimum Gasteiger partial charge on any atom is -0.461 e. The third kappa shape index (κ3) is 3.96. The molecule has 0 aliphatic carbocycles. The van der Waals surface area contributed by atoms with Crippen molar-refractivity contribution >= 4 is 16.9 Å². The van der Waals surface area contributed by atoms with Crippen LogP contribution in [0.1, 0.15) is 24.3 Å². The van der Waals surface area contributed by atoms with Crippen LogP contribution in [0.2, 0.25) is 0 Å². The van der Waals surface area contributed by atoms with Gasteiger partial charge in [0.2, 0.25) is 0 Å². The lowest BCUT2D eigenvalue weighted by molar-refractivity contribution is 0.543. The van der Waals surface area contributed by atoms with Gasteiger partial charge in [0.1, 0.15) is 11.3 Å². The Morgan fingerprint density at radius 3 is 2.58 bits per heavy atom. The van der Waals surface area contributed by atoms with E-state index in [0.29, 0.717) is 0 Å². The van der Waals surface area contributed by atoms with Crippen LogP contribution in [0.15, 0.2) is 70.1 Å². The molecule has 0 saturated heterocycles. The van der Waals surface area contributed by atoms with Gasteiger partial charge in [-0.25, -0.2) is 0 Å². The van der Waals surface area contributed by atoms with Crippen molar-refractivity contribution in [2.75, 3.05) is 13.6 Å². The lowest BCUT2D eigenvalue weighted by atomic mass is 10.1. The largest absolute Gasteiger partial charge is 0.461 e. The summed E-state index contributed by atoms with van der Waals surface area (Å²) in [7, 11) is 1.79. The Morgan fingerprint density at radius 1 is 1.08 bits per heavy atom. The number of para-hydroxylation sites is 1. The zero-order valence-electron chi connectivity index (χ0n) is 14.1. The molecule has 2 aromatic carbocycles. The van der Waals surface area contributed by atoms with E-state index < -0.39 is 0 Å². The molecule has 0 saturated carbocycles. The second kappa shape index (κ2) is 7.68. The van der Waals surface area contributed by atoms with Crippen LogP contribution in [0.5, 0.6) is 0 Å². The molecule has 124 valence electrons. The zero-order valence-corrected chi connectivity index (χ0v) is 14.1. The van der Waals surface area contributed by atoms with Crippen LogP contribution in [0, 0.1) is 0 Å². The highest BCUT2D eigenvalue weighted by atomic mass is 16.3. The normalized spacial score (nSPS) is 13.0. The first-order chi connectivity index (χ1) is 11.8. The summed E-state index contributed by atoms with van der Waals surface area (Å²) in [6.45, 7) is 2.89. The van der Waals surface area contributed by atoms with Crippen LogP contribution in [0.3, 0.4) is 0 Å². The Balaban J connectivity index is 1.52. The second-order valence-electron chi connectivity index (χ2n) is 5.78. The summed E-state index contributed by atoms with van der Waals surface area (Å²) in [5, 5.41) is 7.89. The number of hydrogen-bond acceptors (Lipinski definition) is 2. The number of rotatable bonds is 5. The Hall–Kier alpha value is -2.75. The minimum atomic E-state index is 0.198. The van der Waals surface area contributed by atoms with E-state index in [1.807, 2.05) is 36.4 Å². The van der Waals surface area contributed by atoms with Crippen LogP contribution in [0.25, 0.3) is 11.0 Å². The first-order valence-electron chi connectivity index (χ1n) is 8.26. The maximum atomic E-state index is 5.83. The molecule has 1 aromatic heterocycles. The predicted molar refractivity (Wildman–Crippen MR) is 99.3 cm³/mol. The van der Waals surface area contributed by atoms with E-state index in [0.717, 1.165) is 35.7 Å². The van der Waals surface area contributed by atoms with Gasteiger partial charge in [-0.2, -0.15) is 0 Å².